The van der Waals surface area contributed by atoms with Gasteiger partial charge in [-0.3, -0.25) is 9.59 Å². The van der Waals surface area contributed by atoms with E-state index in [4.69, 9.17) is 16.7 Å². The lowest BCUT2D eigenvalue weighted by molar-refractivity contribution is -0.179. The predicted molar refractivity (Wildman–Crippen MR) is 91.2 cm³/mol. The normalized spacial score (nSPS) is 19.6. The average Bonchev–Trinajstić information content (AvgIpc) is 2.50. The van der Waals surface area contributed by atoms with E-state index in [1.54, 1.807) is 24.3 Å². The fraction of sp³-hybridized carbons (Fsp3) is 0.471. The van der Waals surface area contributed by atoms with E-state index in [1.807, 2.05) is 13.8 Å². The molecule has 134 valence electrons. The van der Waals surface area contributed by atoms with E-state index in [9.17, 15) is 14.4 Å². The van der Waals surface area contributed by atoms with E-state index >= 15 is 0 Å². The van der Waals surface area contributed by atoms with Crippen LogP contribution in [0.5, 0.6) is 0 Å². The Morgan fingerprint density at radius 3 is 2.36 bits per heavy atom. The third kappa shape index (κ3) is 2.93. The lowest BCUT2D eigenvalue weighted by Gasteiger charge is -2.57. The van der Waals surface area contributed by atoms with Gasteiger partial charge in [0, 0.05) is 17.6 Å². The molecule has 3 rings (SSSR count). The van der Waals surface area contributed by atoms with E-state index in [1.165, 1.54) is 9.80 Å². The molecule has 3 amide bonds. The molecule has 2 fully saturated rings. The van der Waals surface area contributed by atoms with Gasteiger partial charge in [0.15, 0.2) is 5.54 Å². The maximum absolute atomic E-state index is 13.0. The van der Waals surface area contributed by atoms with Gasteiger partial charge in [-0.1, -0.05) is 23.7 Å². The van der Waals surface area contributed by atoms with Crippen LogP contribution in [0.3, 0.4) is 0 Å². The maximum Gasteiger partial charge on any atom is 0.407 e. The van der Waals surface area contributed by atoms with Crippen LogP contribution in [0.25, 0.3) is 0 Å². The molecule has 8 heteroatoms. The van der Waals surface area contributed by atoms with Crippen molar-refractivity contribution in [3.8, 4) is 0 Å². The minimum atomic E-state index is -1.11. The topological polar surface area (TPSA) is 81.2 Å². The van der Waals surface area contributed by atoms with Crippen molar-refractivity contribution in [1.82, 2.24) is 14.7 Å². The number of likely N-dealkylation sites (tertiary alicyclic amines) is 1. The zero-order valence-electron chi connectivity index (χ0n) is 14.1. The van der Waals surface area contributed by atoms with Gasteiger partial charge in [-0.25, -0.2) is 4.79 Å². The van der Waals surface area contributed by atoms with Crippen LogP contribution < -0.4 is 0 Å². The zero-order valence-corrected chi connectivity index (χ0v) is 14.9. The number of hydrogen-bond acceptors (Lipinski definition) is 3. The molecule has 0 unspecified atom stereocenters. The van der Waals surface area contributed by atoms with Crippen LogP contribution in [0.15, 0.2) is 24.3 Å². The Morgan fingerprint density at radius 2 is 1.84 bits per heavy atom. The van der Waals surface area contributed by atoms with Gasteiger partial charge in [-0.05, 0) is 31.5 Å². The molecule has 0 radical (unpaired) electrons. The smallest absolute Gasteiger partial charge is 0.407 e. The number of benzene rings is 1. The number of hydrogen-bond donors (Lipinski definition) is 1. The predicted octanol–water partition coefficient (Wildman–Crippen LogP) is 1.65. The van der Waals surface area contributed by atoms with E-state index in [2.05, 4.69) is 0 Å². The summed E-state index contributed by atoms with van der Waals surface area (Å²) in [6, 6.07) is 6.94. The molecule has 1 aromatic rings. The van der Waals surface area contributed by atoms with Gasteiger partial charge in [-0.15, -0.1) is 0 Å². The summed E-state index contributed by atoms with van der Waals surface area (Å²) in [5, 5.41) is 9.75. The largest absolute Gasteiger partial charge is 0.465 e. The summed E-state index contributed by atoms with van der Waals surface area (Å²) in [5.74, 6) is -0.359. The Labute approximate surface area is 150 Å². The molecule has 2 saturated heterocycles. The summed E-state index contributed by atoms with van der Waals surface area (Å²) in [4.78, 5) is 41.2. The second-order valence-electron chi connectivity index (χ2n) is 6.80. The van der Waals surface area contributed by atoms with E-state index in [0.29, 0.717) is 5.02 Å². The molecular formula is C17H20ClN3O4. The Kier molecular flexibility index (Phi) is 4.36. The molecule has 0 aliphatic carbocycles. The molecule has 0 saturated carbocycles. The minimum absolute atomic E-state index is 0.00369. The van der Waals surface area contributed by atoms with Crippen LogP contribution in [-0.2, 0) is 16.1 Å². The SMILES string of the molecule is CC(C)N1CC(=O)N(Cc2ccc(Cl)cc2)C2(CN(C(=O)O)C2)C1=O. The minimum Gasteiger partial charge on any atom is -0.465 e. The van der Waals surface area contributed by atoms with Crippen molar-refractivity contribution in [2.45, 2.75) is 32.0 Å². The quantitative estimate of drug-likeness (QED) is 0.883. The second kappa shape index (κ2) is 6.22. The van der Waals surface area contributed by atoms with Gasteiger partial charge in [0.25, 0.3) is 5.91 Å². The van der Waals surface area contributed by atoms with E-state index in [-0.39, 0.29) is 44.0 Å². The highest BCUT2D eigenvalue weighted by Crippen LogP contribution is 2.35. The Hall–Kier alpha value is -2.28. The zero-order chi connectivity index (χ0) is 18.4. The molecule has 1 N–H and O–H groups in total. The summed E-state index contributed by atoms with van der Waals surface area (Å²) >= 11 is 5.90. The van der Waals surface area contributed by atoms with Crippen LogP contribution in [0, 0.1) is 0 Å². The van der Waals surface area contributed by atoms with Crippen molar-refractivity contribution in [2.75, 3.05) is 19.6 Å². The third-order valence-electron chi connectivity index (χ3n) is 4.83. The average molecular weight is 366 g/mol. The van der Waals surface area contributed by atoms with Crippen LogP contribution in [0.1, 0.15) is 19.4 Å². The number of carboxylic acid groups (broad SMARTS) is 1. The van der Waals surface area contributed by atoms with Gasteiger partial charge in [0.1, 0.15) is 6.54 Å². The standard InChI is InChI=1S/C17H20ClN3O4/c1-11(2)20-8-14(22)21(7-12-3-5-13(18)6-4-12)17(15(20)23)9-19(10-17)16(24)25/h3-6,11H,7-10H2,1-2H3,(H,24,25). The Balaban J connectivity index is 1.91. The maximum atomic E-state index is 13.0. The van der Waals surface area contributed by atoms with Gasteiger partial charge in [0.05, 0.1) is 13.1 Å². The molecule has 1 spiro atoms. The first-order valence-corrected chi connectivity index (χ1v) is 8.46. The molecule has 0 bridgehead atoms. The number of nitrogens with zero attached hydrogens (tertiary/aromatic N) is 3. The summed E-state index contributed by atoms with van der Waals surface area (Å²) in [6.07, 6.45) is -1.08. The lowest BCUT2D eigenvalue weighted by Crippen LogP contribution is -2.81. The molecule has 7 nitrogen and oxygen atoms in total. The van der Waals surface area contributed by atoms with Crippen LogP contribution in [-0.4, -0.2) is 68.9 Å². The molecule has 2 aliphatic heterocycles. The summed E-state index contributed by atoms with van der Waals surface area (Å²) in [7, 11) is 0. The summed E-state index contributed by atoms with van der Waals surface area (Å²) < 4.78 is 0. The van der Waals surface area contributed by atoms with Gasteiger partial charge < -0.3 is 19.8 Å². The first-order chi connectivity index (χ1) is 11.7. The van der Waals surface area contributed by atoms with Crippen molar-refractivity contribution in [3.05, 3.63) is 34.9 Å². The summed E-state index contributed by atoms with van der Waals surface area (Å²) in [6.45, 7) is 3.97. The highest BCUT2D eigenvalue weighted by atomic mass is 35.5. The van der Waals surface area contributed by atoms with E-state index in [0.717, 1.165) is 10.5 Å². The van der Waals surface area contributed by atoms with Gasteiger partial charge in [0.2, 0.25) is 5.91 Å². The number of carbonyl (C=O) groups is 3. The first-order valence-electron chi connectivity index (χ1n) is 8.08. The van der Waals surface area contributed by atoms with Crippen molar-refractivity contribution in [3.63, 3.8) is 0 Å². The number of piperazine rings is 1. The fourth-order valence-electron chi connectivity index (χ4n) is 3.38. The highest BCUT2D eigenvalue weighted by Gasteiger charge is 2.61. The number of rotatable bonds is 3. The molecule has 2 aliphatic rings. The number of amides is 3. The number of halogens is 1. The molecule has 0 aromatic heterocycles. The third-order valence-corrected chi connectivity index (χ3v) is 5.09. The number of carbonyl (C=O) groups excluding carboxylic acids is 2. The van der Waals surface area contributed by atoms with Crippen molar-refractivity contribution >= 4 is 29.5 Å². The first kappa shape index (κ1) is 17.5. The lowest BCUT2D eigenvalue weighted by atomic mass is 9.83. The van der Waals surface area contributed by atoms with Crippen molar-refractivity contribution in [2.24, 2.45) is 0 Å². The Morgan fingerprint density at radius 1 is 1.24 bits per heavy atom. The van der Waals surface area contributed by atoms with Gasteiger partial charge >= 0.3 is 6.09 Å². The van der Waals surface area contributed by atoms with Crippen LogP contribution in [0.4, 0.5) is 4.79 Å². The molecule has 2 heterocycles. The molecule has 1 aromatic carbocycles. The second-order valence-corrected chi connectivity index (χ2v) is 7.24. The molecule has 25 heavy (non-hydrogen) atoms. The van der Waals surface area contributed by atoms with Crippen molar-refractivity contribution in [1.29, 1.82) is 0 Å². The highest BCUT2D eigenvalue weighted by molar-refractivity contribution is 6.30. The molecular weight excluding hydrogens is 346 g/mol. The molecule has 0 atom stereocenters. The summed E-state index contributed by atoms with van der Waals surface area (Å²) in [5.41, 5.74) is -0.269. The van der Waals surface area contributed by atoms with Crippen molar-refractivity contribution < 1.29 is 19.5 Å². The Bertz CT molecular complexity index is 713. The van der Waals surface area contributed by atoms with E-state index < -0.39 is 11.6 Å². The monoisotopic (exact) mass is 365 g/mol. The van der Waals surface area contributed by atoms with Crippen LogP contribution in [0.2, 0.25) is 5.02 Å². The van der Waals surface area contributed by atoms with Gasteiger partial charge in [-0.2, -0.15) is 0 Å². The fourth-order valence-corrected chi connectivity index (χ4v) is 3.51. The van der Waals surface area contributed by atoms with Crippen LogP contribution >= 0.6 is 11.6 Å².